The fraction of sp³-hybridized carbons (Fsp3) is 0.316. The first-order valence-corrected chi connectivity index (χ1v) is 9.71. The van der Waals surface area contributed by atoms with E-state index in [1.807, 2.05) is 0 Å². The Kier molecular flexibility index (Phi) is 5.44. The Morgan fingerprint density at radius 2 is 2.13 bits per heavy atom. The minimum absolute atomic E-state index is 0.0270. The van der Waals surface area contributed by atoms with Crippen molar-refractivity contribution in [2.75, 3.05) is 10.6 Å². The third-order valence-corrected chi connectivity index (χ3v) is 5.08. The zero-order valence-electron chi connectivity index (χ0n) is 16.2. The van der Waals surface area contributed by atoms with Crippen LogP contribution in [0, 0.1) is 5.21 Å². The van der Waals surface area contributed by atoms with Crippen molar-refractivity contribution in [3.63, 3.8) is 0 Å². The molecule has 1 fully saturated rings. The summed E-state index contributed by atoms with van der Waals surface area (Å²) < 4.78 is 0. The van der Waals surface area contributed by atoms with Crippen LogP contribution in [0.5, 0.6) is 0 Å². The molecule has 0 bridgehead atoms. The van der Waals surface area contributed by atoms with Gasteiger partial charge in [0.15, 0.2) is 6.20 Å². The van der Waals surface area contributed by atoms with Gasteiger partial charge in [-0.05, 0) is 35.8 Å². The first kappa shape index (κ1) is 19.6. The molecule has 6 N–H and O–H groups in total. The van der Waals surface area contributed by atoms with Gasteiger partial charge in [0.2, 0.25) is 12.1 Å². The number of amides is 1. The molecule has 1 aliphatic rings. The van der Waals surface area contributed by atoms with Crippen LogP contribution in [0.15, 0.2) is 42.9 Å². The number of primary amides is 1. The van der Waals surface area contributed by atoms with Crippen molar-refractivity contribution in [1.29, 1.82) is 0 Å². The van der Waals surface area contributed by atoms with Crippen molar-refractivity contribution in [3.05, 3.63) is 53.6 Å². The normalized spacial score (nSPS) is 18.7. The van der Waals surface area contributed by atoms with Crippen LogP contribution in [0.4, 0.5) is 17.5 Å². The molecule has 1 aromatic carbocycles. The van der Waals surface area contributed by atoms with Gasteiger partial charge in [-0.2, -0.15) is 9.83 Å². The van der Waals surface area contributed by atoms with Crippen LogP contribution in [0.3, 0.4) is 0 Å². The van der Waals surface area contributed by atoms with E-state index in [0.717, 1.165) is 25.7 Å². The van der Waals surface area contributed by atoms with Crippen molar-refractivity contribution in [3.8, 4) is 5.69 Å². The van der Waals surface area contributed by atoms with Crippen LogP contribution in [-0.2, 0) is 0 Å². The quantitative estimate of drug-likeness (QED) is 0.343. The van der Waals surface area contributed by atoms with Crippen molar-refractivity contribution in [2.45, 2.75) is 37.8 Å². The molecular weight excluding hydrogens is 386 g/mol. The molecule has 4 rings (SSSR count). The lowest BCUT2D eigenvalue weighted by Gasteiger charge is -2.29. The highest BCUT2D eigenvalue weighted by Crippen LogP contribution is 2.23. The van der Waals surface area contributed by atoms with Crippen molar-refractivity contribution >= 4 is 23.4 Å². The number of carbonyl (C=O) groups is 1. The molecule has 0 spiro atoms. The second kappa shape index (κ2) is 8.33. The number of aromatic nitrogens is 5. The highest BCUT2D eigenvalue weighted by Gasteiger charge is 2.23. The lowest BCUT2D eigenvalue weighted by molar-refractivity contribution is -0.688. The van der Waals surface area contributed by atoms with Gasteiger partial charge in [-0.25, -0.2) is 4.98 Å². The lowest BCUT2D eigenvalue weighted by Crippen LogP contribution is -2.43. The number of nitrogens with two attached hydrogens (primary N) is 2. The molecule has 0 unspecified atom stereocenters. The van der Waals surface area contributed by atoms with Gasteiger partial charge in [-0.15, -0.1) is 0 Å². The Morgan fingerprint density at radius 1 is 1.30 bits per heavy atom. The summed E-state index contributed by atoms with van der Waals surface area (Å²) >= 11 is 0. The molecule has 0 aliphatic heterocycles. The van der Waals surface area contributed by atoms with E-state index in [4.69, 9.17) is 11.5 Å². The third-order valence-electron chi connectivity index (χ3n) is 5.08. The van der Waals surface area contributed by atoms with E-state index >= 15 is 0 Å². The van der Waals surface area contributed by atoms with E-state index < -0.39 is 5.91 Å². The van der Waals surface area contributed by atoms with Gasteiger partial charge in [-0.1, -0.05) is 18.9 Å². The average molecular weight is 409 g/mol. The highest BCUT2D eigenvalue weighted by molar-refractivity contribution is 5.98. The maximum absolute atomic E-state index is 11.9. The summed E-state index contributed by atoms with van der Waals surface area (Å²) in [4.78, 5) is 22.3. The number of nitrogens with one attached hydrogen (secondary N) is 2. The molecule has 3 aromatic rings. The molecule has 11 nitrogen and oxygen atoms in total. The molecule has 2 atom stereocenters. The predicted molar refractivity (Wildman–Crippen MR) is 110 cm³/mol. The fourth-order valence-corrected chi connectivity index (χ4v) is 3.52. The smallest absolute Gasteiger partial charge is 0.254 e. The number of benzene rings is 1. The van der Waals surface area contributed by atoms with E-state index in [-0.39, 0.29) is 23.5 Å². The Bertz CT molecular complexity index is 1050. The fourth-order valence-electron chi connectivity index (χ4n) is 3.52. The van der Waals surface area contributed by atoms with Crippen LogP contribution in [0.25, 0.3) is 5.69 Å². The number of rotatable bonds is 6. The van der Waals surface area contributed by atoms with Crippen LogP contribution in [0.1, 0.15) is 36.0 Å². The summed E-state index contributed by atoms with van der Waals surface area (Å²) in [6.45, 7) is 0. The number of nitrogens with zero attached hydrogens (tertiary/aromatic N) is 5. The molecular formula is C19H23N9O2. The summed E-state index contributed by atoms with van der Waals surface area (Å²) in [5.41, 5.74) is 13.0. The molecule has 1 amide bonds. The topological polar surface area (TPSA) is 164 Å². The Morgan fingerprint density at radius 3 is 2.87 bits per heavy atom. The van der Waals surface area contributed by atoms with Crippen LogP contribution in [-0.4, -0.2) is 37.9 Å². The van der Waals surface area contributed by atoms with Gasteiger partial charge in [0.1, 0.15) is 17.1 Å². The van der Waals surface area contributed by atoms with Gasteiger partial charge in [0, 0.05) is 29.1 Å². The van der Waals surface area contributed by atoms with Gasteiger partial charge in [-0.3, -0.25) is 4.79 Å². The summed E-state index contributed by atoms with van der Waals surface area (Å²) in [5.74, 6) is -0.0264. The highest BCUT2D eigenvalue weighted by atomic mass is 16.5. The average Bonchev–Trinajstić information content (AvgIpc) is 3.16. The molecule has 1 aliphatic carbocycles. The van der Waals surface area contributed by atoms with Crippen LogP contribution in [0.2, 0.25) is 0 Å². The van der Waals surface area contributed by atoms with Crippen molar-refractivity contribution in [1.82, 2.24) is 19.9 Å². The maximum atomic E-state index is 11.9. The van der Waals surface area contributed by atoms with Gasteiger partial charge < -0.3 is 27.3 Å². The monoisotopic (exact) mass is 409 g/mol. The lowest BCUT2D eigenvalue weighted by atomic mass is 9.91. The number of carbonyl (C=O) groups excluding carboxylic acids is 1. The van der Waals surface area contributed by atoms with Crippen molar-refractivity contribution < 1.29 is 9.64 Å². The second-order valence-electron chi connectivity index (χ2n) is 7.20. The SMILES string of the molecule is NC(=O)c1cnc(N[C@@H]2CCCC[C@@H]2N)nc1Nc1cccc(-n2ncc[n+]2[O-])c1. The maximum Gasteiger partial charge on any atom is 0.254 e. The molecule has 0 radical (unpaired) electrons. The summed E-state index contributed by atoms with van der Waals surface area (Å²) in [6, 6.07) is 7.07. The van der Waals surface area contributed by atoms with Crippen LogP contribution < -0.4 is 26.9 Å². The Balaban J connectivity index is 1.61. The molecule has 0 saturated heterocycles. The number of hydrogen-bond acceptors (Lipinski definition) is 8. The molecule has 156 valence electrons. The number of anilines is 3. The van der Waals surface area contributed by atoms with Gasteiger partial charge in [0.25, 0.3) is 5.91 Å². The molecule has 30 heavy (non-hydrogen) atoms. The summed E-state index contributed by atoms with van der Waals surface area (Å²) in [6.07, 6.45) is 8.17. The van der Waals surface area contributed by atoms with Crippen LogP contribution >= 0.6 is 0 Å². The van der Waals surface area contributed by atoms with Gasteiger partial charge >= 0.3 is 0 Å². The predicted octanol–water partition coefficient (Wildman–Crippen LogP) is 0.820. The van der Waals surface area contributed by atoms with E-state index in [2.05, 4.69) is 25.7 Å². The van der Waals surface area contributed by atoms with E-state index in [0.29, 0.717) is 22.2 Å². The van der Waals surface area contributed by atoms with E-state index in [1.54, 1.807) is 24.3 Å². The zero-order chi connectivity index (χ0) is 21.1. The largest absolute Gasteiger partial charge is 0.692 e. The number of hydrogen-bond donors (Lipinski definition) is 4. The van der Waals surface area contributed by atoms with E-state index in [9.17, 15) is 10.0 Å². The molecule has 2 aromatic heterocycles. The first-order chi connectivity index (χ1) is 14.5. The summed E-state index contributed by atoms with van der Waals surface area (Å²) in [7, 11) is 0. The minimum Gasteiger partial charge on any atom is -0.692 e. The molecule has 2 heterocycles. The van der Waals surface area contributed by atoms with Gasteiger partial charge in [0.05, 0.1) is 0 Å². The Hall–Kier alpha value is -3.73. The first-order valence-electron chi connectivity index (χ1n) is 9.71. The second-order valence-corrected chi connectivity index (χ2v) is 7.20. The Labute approximate surface area is 172 Å². The van der Waals surface area contributed by atoms with Crippen molar-refractivity contribution in [2.24, 2.45) is 11.5 Å². The standard InChI is InChI=1S/C19H23N9O2/c20-15-6-1-2-7-16(15)25-19-22-11-14(17(21)29)18(26-19)24-12-4-3-5-13(10-12)28-23-8-9-27(28)30/h3-5,8-11,15-16H,1-2,6-7,20H2,(H2,21,29)(H2,22,24,25,26)/t15-,16+/m0/s1. The third kappa shape index (κ3) is 4.15. The van der Waals surface area contributed by atoms with E-state index in [1.165, 1.54) is 23.4 Å². The summed E-state index contributed by atoms with van der Waals surface area (Å²) in [5, 5.41) is 22.1. The minimum atomic E-state index is -0.654. The molecule has 1 saturated carbocycles. The zero-order valence-corrected chi connectivity index (χ0v) is 16.2. The molecule has 11 heteroatoms.